The highest BCUT2D eigenvalue weighted by Crippen LogP contribution is 2.28. The summed E-state index contributed by atoms with van der Waals surface area (Å²) in [4.78, 5) is 11.9. The smallest absolute Gasteiger partial charge is 0.469 e. The van der Waals surface area contributed by atoms with E-state index in [2.05, 4.69) is 0 Å². The van der Waals surface area contributed by atoms with Gasteiger partial charge in [0.25, 0.3) is 0 Å². The average molecular weight is 399 g/mol. The van der Waals surface area contributed by atoms with E-state index in [4.69, 9.17) is 31.0 Å². The molecule has 0 aromatic heterocycles. The van der Waals surface area contributed by atoms with Crippen molar-refractivity contribution in [1.82, 2.24) is 0 Å². The molecule has 0 fully saturated rings. The standard InChI is InChI=1S/C15H34O8Si2/c1-8-18-24(19-9-2,13-14(6)15(16)17-7)23-25(20-10-3,21-11-4)22-12-5/h14H,8-13H2,1-7H3. The van der Waals surface area contributed by atoms with Gasteiger partial charge in [-0.15, -0.1) is 0 Å². The molecule has 0 rings (SSSR count). The minimum atomic E-state index is -3.46. The summed E-state index contributed by atoms with van der Waals surface area (Å²) in [6.45, 7) is 12.8. The lowest BCUT2D eigenvalue weighted by Gasteiger charge is -2.37. The highest BCUT2D eigenvalue weighted by molar-refractivity contribution is 6.72. The van der Waals surface area contributed by atoms with Crippen LogP contribution in [-0.4, -0.2) is 64.0 Å². The lowest BCUT2D eigenvalue weighted by molar-refractivity contribution is -0.144. The van der Waals surface area contributed by atoms with Crippen molar-refractivity contribution in [2.75, 3.05) is 40.1 Å². The number of esters is 1. The molecule has 0 aliphatic heterocycles. The second-order valence-corrected chi connectivity index (χ2v) is 10.1. The van der Waals surface area contributed by atoms with Crippen LogP contribution >= 0.6 is 0 Å². The second-order valence-electron chi connectivity index (χ2n) is 5.08. The summed E-state index contributed by atoms with van der Waals surface area (Å²) in [5.41, 5.74) is 0. The summed E-state index contributed by atoms with van der Waals surface area (Å²) in [6, 6.07) is 0.253. The van der Waals surface area contributed by atoms with E-state index in [9.17, 15) is 4.79 Å². The Labute approximate surface area is 153 Å². The zero-order valence-corrected chi connectivity index (χ0v) is 18.6. The van der Waals surface area contributed by atoms with Crippen LogP contribution in [-0.2, 0) is 35.8 Å². The third-order valence-electron chi connectivity index (χ3n) is 3.13. The molecule has 25 heavy (non-hydrogen) atoms. The topological polar surface area (TPSA) is 81.7 Å². The largest absolute Gasteiger partial charge is 0.672 e. The van der Waals surface area contributed by atoms with Crippen LogP contribution in [0.3, 0.4) is 0 Å². The average Bonchev–Trinajstić information content (AvgIpc) is 2.55. The van der Waals surface area contributed by atoms with Gasteiger partial charge in [-0.05, 0) is 34.6 Å². The Balaban J connectivity index is 5.68. The maximum Gasteiger partial charge on any atom is 0.672 e. The van der Waals surface area contributed by atoms with Crippen LogP contribution in [0.4, 0.5) is 0 Å². The molecule has 0 spiro atoms. The van der Waals surface area contributed by atoms with Crippen LogP contribution < -0.4 is 0 Å². The van der Waals surface area contributed by atoms with E-state index in [0.29, 0.717) is 33.0 Å². The van der Waals surface area contributed by atoms with E-state index in [0.717, 1.165) is 0 Å². The summed E-state index contributed by atoms with van der Waals surface area (Å²) < 4.78 is 40.2. The van der Waals surface area contributed by atoms with Crippen LogP contribution in [0.1, 0.15) is 41.5 Å². The van der Waals surface area contributed by atoms with Crippen LogP contribution in [0.15, 0.2) is 0 Å². The second kappa shape index (κ2) is 12.9. The van der Waals surface area contributed by atoms with Gasteiger partial charge in [-0.2, -0.15) is 0 Å². The van der Waals surface area contributed by atoms with Gasteiger partial charge in [0, 0.05) is 39.1 Å². The molecule has 10 heteroatoms. The minimum absolute atomic E-state index is 0.253. The molecule has 0 N–H and O–H groups in total. The Morgan fingerprint density at radius 2 is 1.20 bits per heavy atom. The van der Waals surface area contributed by atoms with Gasteiger partial charge in [-0.1, -0.05) is 6.92 Å². The van der Waals surface area contributed by atoms with Crippen molar-refractivity contribution in [1.29, 1.82) is 0 Å². The Morgan fingerprint density at radius 1 is 0.800 bits per heavy atom. The fraction of sp³-hybridized carbons (Fsp3) is 0.933. The first-order chi connectivity index (χ1) is 11.9. The first-order valence-electron chi connectivity index (χ1n) is 8.85. The normalized spacial score (nSPS) is 13.7. The quantitative estimate of drug-likeness (QED) is 0.307. The van der Waals surface area contributed by atoms with Gasteiger partial charge in [0.2, 0.25) is 0 Å². The maximum atomic E-state index is 11.9. The highest BCUT2D eigenvalue weighted by atomic mass is 28.5. The Bertz CT molecular complexity index is 346. The van der Waals surface area contributed by atoms with Gasteiger partial charge in [-0.3, -0.25) is 4.79 Å². The maximum absolute atomic E-state index is 11.9. The van der Waals surface area contributed by atoms with Gasteiger partial charge in [0.05, 0.1) is 13.0 Å². The van der Waals surface area contributed by atoms with Crippen LogP contribution in [0.25, 0.3) is 0 Å². The first-order valence-corrected chi connectivity index (χ1v) is 12.4. The molecule has 0 aliphatic carbocycles. The van der Waals surface area contributed by atoms with Crippen LogP contribution in [0.2, 0.25) is 6.04 Å². The fourth-order valence-electron chi connectivity index (χ4n) is 2.29. The number of carbonyl (C=O) groups excluding carboxylic acids is 1. The van der Waals surface area contributed by atoms with Crippen molar-refractivity contribution in [3.8, 4) is 0 Å². The summed E-state index contributed by atoms with van der Waals surface area (Å²) in [7, 11) is -5.41. The molecule has 150 valence electrons. The molecule has 0 saturated heterocycles. The van der Waals surface area contributed by atoms with E-state index in [1.807, 2.05) is 34.6 Å². The SMILES string of the molecule is CCO[Si](CC(C)C(=O)OC)(OCC)O[Si](OCC)(OCC)OCC. The third kappa shape index (κ3) is 8.26. The van der Waals surface area contributed by atoms with E-state index in [1.165, 1.54) is 7.11 Å². The summed E-state index contributed by atoms with van der Waals surface area (Å²) in [5.74, 6) is -0.803. The zero-order valence-electron chi connectivity index (χ0n) is 16.6. The number of hydrogen-bond acceptors (Lipinski definition) is 8. The Kier molecular flexibility index (Phi) is 12.8. The number of rotatable bonds is 15. The van der Waals surface area contributed by atoms with Crippen LogP contribution in [0.5, 0.6) is 0 Å². The predicted octanol–water partition coefficient (Wildman–Crippen LogP) is 2.37. The van der Waals surface area contributed by atoms with Crippen LogP contribution in [0, 0.1) is 5.92 Å². The van der Waals surface area contributed by atoms with E-state index in [1.54, 1.807) is 6.92 Å². The van der Waals surface area contributed by atoms with Crippen molar-refractivity contribution >= 4 is 23.8 Å². The molecular formula is C15H34O8Si2. The molecule has 0 bridgehead atoms. The van der Waals surface area contributed by atoms with E-state index < -0.39 is 23.8 Å². The van der Waals surface area contributed by atoms with Gasteiger partial charge in [-0.25, -0.2) is 0 Å². The zero-order chi connectivity index (χ0) is 19.3. The lowest BCUT2D eigenvalue weighted by atomic mass is 10.2. The predicted molar refractivity (Wildman–Crippen MR) is 96.7 cm³/mol. The van der Waals surface area contributed by atoms with Gasteiger partial charge < -0.3 is 31.0 Å². The van der Waals surface area contributed by atoms with E-state index >= 15 is 0 Å². The molecule has 8 nitrogen and oxygen atoms in total. The van der Waals surface area contributed by atoms with Crippen molar-refractivity contribution in [3.05, 3.63) is 0 Å². The molecule has 0 saturated carbocycles. The minimum Gasteiger partial charge on any atom is -0.469 e. The molecule has 0 amide bonds. The Hall–Kier alpha value is -0.336. The monoisotopic (exact) mass is 398 g/mol. The number of hydrogen-bond donors (Lipinski definition) is 0. The number of ether oxygens (including phenoxy) is 1. The summed E-state index contributed by atoms with van der Waals surface area (Å²) in [5, 5.41) is 0. The third-order valence-corrected chi connectivity index (χ3v) is 9.87. The summed E-state index contributed by atoms with van der Waals surface area (Å²) in [6.07, 6.45) is 0. The van der Waals surface area contributed by atoms with Crippen molar-refractivity contribution in [3.63, 3.8) is 0 Å². The Morgan fingerprint density at radius 3 is 1.52 bits per heavy atom. The van der Waals surface area contributed by atoms with Crippen molar-refractivity contribution in [2.24, 2.45) is 5.92 Å². The number of methoxy groups -OCH3 is 1. The van der Waals surface area contributed by atoms with E-state index in [-0.39, 0.29) is 12.0 Å². The lowest BCUT2D eigenvalue weighted by Crippen LogP contribution is -2.61. The highest BCUT2D eigenvalue weighted by Gasteiger charge is 2.57. The molecule has 0 heterocycles. The molecule has 0 radical (unpaired) electrons. The molecular weight excluding hydrogens is 364 g/mol. The molecule has 0 aliphatic rings. The molecule has 1 unspecified atom stereocenters. The van der Waals surface area contributed by atoms with Crippen molar-refractivity contribution < 1.29 is 35.8 Å². The fourth-order valence-corrected chi connectivity index (χ4v) is 8.76. The molecule has 1 atom stereocenters. The first kappa shape index (κ1) is 24.7. The van der Waals surface area contributed by atoms with Gasteiger partial charge in [0.1, 0.15) is 0 Å². The molecule has 0 aromatic rings. The molecule has 0 aromatic carbocycles. The number of carbonyl (C=O) groups is 1. The van der Waals surface area contributed by atoms with Gasteiger partial charge in [0.15, 0.2) is 0 Å². The van der Waals surface area contributed by atoms with Gasteiger partial charge >= 0.3 is 23.8 Å². The van der Waals surface area contributed by atoms with Crippen molar-refractivity contribution in [2.45, 2.75) is 47.6 Å². The summed E-state index contributed by atoms with van der Waals surface area (Å²) >= 11 is 0.